The third kappa shape index (κ3) is 5.49. The number of hydrogen-bond donors (Lipinski definition) is 2. The summed E-state index contributed by atoms with van der Waals surface area (Å²) < 4.78 is 1.53. The highest BCUT2D eigenvalue weighted by molar-refractivity contribution is 5.75. The van der Waals surface area contributed by atoms with Crippen LogP contribution in [-0.2, 0) is 11.3 Å². The molecule has 23 heavy (non-hydrogen) atoms. The van der Waals surface area contributed by atoms with Gasteiger partial charge in [0.05, 0.1) is 12.3 Å². The van der Waals surface area contributed by atoms with Crippen LogP contribution in [-0.4, -0.2) is 38.7 Å². The normalized spacial score (nSPS) is 12.9. The predicted octanol–water partition coefficient (Wildman–Crippen LogP) is 1.86. The number of aromatic nitrogens is 3. The number of amides is 1. The number of aliphatic hydroxyl groups excluding tert-OH is 1. The topological polar surface area (TPSA) is 80.0 Å². The Kier molecular flexibility index (Phi) is 5.50. The first kappa shape index (κ1) is 17.1. The van der Waals surface area contributed by atoms with Crippen molar-refractivity contribution in [3.63, 3.8) is 0 Å². The minimum absolute atomic E-state index is 0.117. The first-order chi connectivity index (χ1) is 10.9. The second-order valence-corrected chi connectivity index (χ2v) is 6.66. The quantitative estimate of drug-likeness (QED) is 0.817. The summed E-state index contributed by atoms with van der Waals surface area (Å²) in [6.45, 7) is 6.43. The zero-order valence-corrected chi connectivity index (χ0v) is 13.9. The molecule has 1 unspecified atom stereocenters. The van der Waals surface area contributed by atoms with Crippen LogP contribution in [0.5, 0.6) is 0 Å². The zero-order valence-electron chi connectivity index (χ0n) is 13.9. The summed E-state index contributed by atoms with van der Waals surface area (Å²) >= 11 is 0. The molecule has 6 nitrogen and oxygen atoms in total. The van der Waals surface area contributed by atoms with Crippen molar-refractivity contribution >= 4 is 5.91 Å². The van der Waals surface area contributed by atoms with Crippen molar-refractivity contribution in [1.82, 2.24) is 20.3 Å². The summed E-state index contributed by atoms with van der Waals surface area (Å²) in [6, 6.07) is 9.72. The molecule has 1 atom stereocenters. The van der Waals surface area contributed by atoms with E-state index in [-0.39, 0.29) is 24.0 Å². The van der Waals surface area contributed by atoms with Gasteiger partial charge in [0.1, 0.15) is 12.2 Å². The van der Waals surface area contributed by atoms with Gasteiger partial charge >= 0.3 is 0 Å². The maximum atomic E-state index is 12.0. The zero-order chi connectivity index (χ0) is 16.9. The Morgan fingerprint density at radius 1 is 1.35 bits per heavy atom. The molecule has 2 N–H and O–H groups in total. The number of carbonyl (C=O) groups is 1. The van der Waals surface area contributed by atoms with Crippen molar-refractivity contribution < 1.29 is 9.90 Å². The van der Waals surface area contributed by atoms with Crippen LogP contribution in [0.1, 0.15) is 27.2 Å². The molecule has 124 valence electrons. The molecule has 0 aliphatic rings. The molecule has 0 radical (unpaired) electrons. The second kappa shape index (κ2) is 7.37. The Hall–Kier alpha value is -2.21. The van der Waals surface area contributed by atoms with Gasteiger partial charge in [-0.2, -0.15) is 0 Å². The van der Waals surface area contributed by atoms with E-state index >= 15 is 0 Å². The van der Waals surface area contributed by atoms with Crippen LogP contribution in [0.15, 0.2) is 36.5 Å². The van der Waals surface area contributed by atoms with E-state index in [2.05, 4.69) is 15.6 Å². The molecule has 6 heteroatoms. The van der Waals surface area contributed by atoms with Crippen molar-refractivity contribution in [3.8, 4) is 11.3 Å². The lowest BCUT2D eigenvalue weighted by Gasteiger charge is -2.26. The van der Waals surface area contributed by atoms with E-state index in [0.717, 1.165) is 11.3 Å². The summed E-state index contributed by atoms with van der Waals surface area (Å²) in [7, 11) is 0. The van der Waals surface area contributed by atoms with Gasteiger partial charge in [-0.1, -0.05) is 49.4 Å². The summed E-state index contributed by atoms with van der Waals surface area (Å²) in [5, 5.41) is 20.4. The van der Waals surface area contributed by atoms with Gasteiger partial charge in [0.15, 0.2) is 0 Å². The molecule has 1 amide bonds. The Bertz CT molecular complexity index is 635. The predicted molar refractivity (Wildman–Crippen MR) is 88.5 cm³/mol. The minimum atomic E-state index is -0.384. The smallest absolute Gasteiger partial charge is 0.241 e. The Labute approximate surface area is 136 Å². The molecular formula is C17H24N4O2. The standard InChI is InChI=1S/C17H24N4O2/c1-13(22)9-17(2,3)12-18-16(23)11-21-10-15(19-20-21)14-7-5-4-6-8-14/h4-8,10,13,22H,9,11-12H2,1-3H3,(H,18,23). The number of rotatable bonds is 7. The third-order valence-electron chi connectivity index (χ3n) is 3.53. The van der Waals surface area contributed by atoms with Gasteiger partial charge in [-0.05, 0) is 18.8 Å². The summed E-state index contributed by atoms with van der Waals surface area (Å²) in [6.07, 6.45) is 2.01. The van der Waals surface area contributed by atoms with E-state index in [0.29, 0.717) is 13.0 Å². The average molecular weight is 316 g/mol. The molecule has 2 rings (SSSR count). The van der Waals surface area contributed by atoms with E-state index in [4.69, 9.17) is 0 Å². The van der Waals surface area contributed by atoms with Crippen LogP contribution in [0.2, 0.25) is 0 Å². The molecule has 0 spiro atoms. The first-order valence-corrected chi connectivity index (χ1v) is 7.76. The lowest BCUT2D eigenvalue weighted by atomic mass is 9.87. The van der Waals surface area contributed by atoms with Crippen LogP contribution >= 0.6 is 0 Å². The number of hydrogen-bond acceptors (Lipinski definition) is 4. The Balaban J connectivity index is 1.88. The van der Waals surface area contributed by atoms with Crippen LogP contribution < -0.4 is 5.32 Å². The molecule has 0 saturated carbocycles. The first-order valence-electron chi connectivity index (χ1n) is 7.76. The minimum Gasteiger partial charge on any atom is -0.393 e. The van der Waals surface area contributed by atoms with Crippen LogP contribution in [0.3, 0.4) is 0 Å². The second-order valence-electron chi connectivity index (χ2n) is 6.66. The van der Waals surface area contributed by atoms with Crippen LogP contribution in [0, 0.1) is 5.41 Å². The SMILES string of the molecule is CC(O)CC(C)(C)CNC(=O)Cn1cc(-c2ccccc2)nn1. The largest absolute Gasteiger partial charge is 0.393 e. The van der Waals surface area contributed by atoms with Gasteiger partial charge < -0.3 is 10.4 Å². The van der Waals surface area contributed by atoms with Gasteiger partial charge in [-0.15, -0.1) is 5.10 Å². The molecule has 1 heterocycles. The monoisotopic (exact) mass is 316 g/mol. The molecule has 0 fully saturated rings. The number of nitrogens with zero attached hydrogens (tertiary/aromatic N) is 3. The number of nitrogens with one attached hydrogen (secondary N) is 1. The molecule has 2 aromatic rings. The summed E-state index contributed by atoms with van der Waals surface area (Å²) in [4.78, 5) is 12.0. The fraction of sp³-hybridized carbons (Fsp3) is 0.471. The van der Waals surface area contributed by atoms with Crippen molar-refractivity contribution in [2.24, 2.45) is 5.41 Å². The van der Waals surface area contributed by atoms with Gasteiger partial charge in [0, 0.05) is 12.1 Å². The fourth-order valence-corrected chi connectivity index (χ4v) is 2.53. The maximum absolute atomic E-state index is 12.0. The Morgan fingerprint density at radius 3 is 2.70 bits per heavy atom. The van der Waals surface area contributed by atoms with Gasteiger partial charge in [-0.3, -0.25) is 4.79 Å². The molecule has 0 aliphatic heterocycles. The van der Waals surface area contributed by atoms with E-state index < -0.39 is 0 Å². The van der Waals surface area contributed by atoms with E-state index in [1.807, 2.05) is 44.2 Å². The van der Waals surface area contributed by atoms with E-state index in [1.54, 1.807) is 13.1 Å². The van der Waals surface area contributed by atoms with Crippen LogP contribution in [0.4, 0.5) is 0 Å². The molecule has 0 aliphatic carbocycles. The lowest BCUT2D eigenvalue weighted by Crippen LogP contribution is -2.37. The number of benzene rings is 1. The molecule has 1 aromatic carbocycles. The van der Waals surface area contributed by atoms with Crippen molar-refractivity contribution in [2.75, 3.05) is 6.54 Å². The number of aliphatic hydroxyl groups is 1. The van der Waals surface area contributed by atoms with Gasteiger partial charge in [-0.25, -0.2) is 4.68 Å². The van der Waals surface area contributed by atoms with E-state index in [9.17, 15) is 9.90 Å². The van der Waals surface area contributed by atoms with Crippen molar-refractivity contribution in [2.45, 2.75) is 39.8 Å². The van der Waals surface area contributed by atoms with Crippen molar-refractivity contribution in [3.05, 3.63) is 36.5 Å². The lowest BCUT2D eigenvalue weighted by molar-refractivity contribution is -0.122. The summed E-state index contributed by atoms with van der Waals surface area (Å²) in [5.41, 5.74) is 1.56. The highest BCUT2D eigenvalue weighted by atomic mass is 16.3. The highest BCUT2D eigenvalue weighted by Crippen LogP contribution is 2.21. The van der Waals surface area contributed by atoms with Gasteiger partial charge in [0.25, 0.3) is 0 Å². The fourth-order valence-electron chi connectivity index (χ4n) is 2.53. The van der Waals surface area contributed by atoms with Crippen LogP contribution in [0.25, 0.3) is 11.3 Å². The maximum Gasteiger partial charge on any atom is 0.241 e. The molecule has 1 aromatic heterocycles. The molecule has 0 bridgehead atoms. The summed E-state index contributed by atoms with van der Waals surface area (Å²) in [5.74, 6) is -0.117. The molecular weight excluding hydrogens is 292 g/mol. The third-order valence-corrected chi connectivity index (χ3v) is 3.53. The molecule has 0 saturated heterocycles. The van der Waals surface area contributed by atoms with Gasteiger partial charge in [0.2, 0.25) is 5.91 Å². The van der Waals surface area contributed by atoms with E-state index in [1.165, 1.54) is 4.68 Å². The number of carbonyl (C=O) groups excluding carboxylic acids is 1. The van der Waals surface area contributed by atoms with Crippen molar-refractivity contribution in [1.29, 1.82) is 0 Å². The average Bonchev–Trinajstić information content (AvgIpc) is 2.93. The highest BCUT2D eigenvalue weighted by Gasteiger charge is 2.21. The Morgan fingerprint density at radius 2 is 2.04 bits per heavy atom.